The third kappa shape index (κ3) is 3.10. The highest BCUT2D eigenvalue weighted by atomic mass is 35.5. The lowest BCUT2D eigenvalue weighted by Crippen LogP contribution is -2.49. The largest absolute Gasteiger partial charge is 0.360 e. The van der Waals surface area contributed by atoms with Gasteiger partial charge in [-0.2, -0.15) is 0 Å². The summed E-state index contributed by atoms with van der Waals surface area (Å²) in [6.07, 6.45) is 8.21. The lowest BCUT2D eigenvalue weighted by Gasteiger charge is -2.32. The van der Waals surface area contributed by atoms with Crippen molar-refractivity contribution in [1.29, 1.82) is 0 Å². The van der Waals surface area contributed by atoms with Gasteiger partial charge >= 0.3 is 0 Å². The molecule has 1 N–H and O–H groups in total. The zero-order valence-electron chi connectivity index (χ0n) is 16.6. The van der Waals surface area contributed by atoms with E-state index in [1.165, 1.54) is 6.42 Å². The molecule has 3 aliphatic heterocycles. The van der Waals surface area contributed by atoms with Gasteiger partial charge in [0.25, 0.3) is 0 Å². The van der Waals surface area contributed by atoms with Crippen LogP contribution in [0.1, 0.15) is 38.2 Å². The molecule has 2 bridgehead atoms. The summed E-state index contributed by atoms with van der Waals surface area (Å²) >= 11 is 6.30. The monoisotopic (exact) mass is 414 g/mol. The molecule has 0 radical (unpaired) electrons. The number of nitrogens with one attached hydrogen (secondary N) is 1. The van der Waals surface area contributed by atoms with Crippen molar-refractivity contribution < 1.29 is 14.3 Å². The number of likely N-dealkylation sites (tertiary alicyclic amines) is 1. The van der Waals surface area contributed by atoms with Crippen LogP contribution in [-0.4, -0.2) is 41.0 Å². The normalized spacial score (nSPS) is 37.8. The molecule has 1 aromatic rings. The molecule has 29 heavy (non-hydrogen) atoms. The van der Waals surface area contributed by atoms with Gasteiger partial charge in [-0.05, 0) is 30.4 Å². The summed E-state index contributed by atoms with van der Waals surface area (Å²) in [5.74, 6) is -0.448. The van der Waals surface area contributed by atoms with Crippen LogP contribution in [0.3, 0.4) is 0 Å². The van der Waals surface area contributed by atoms with E-state index in [4.69, 9.17) is 16.3 Å². The van der Waals surface area contributed by atoms with Crippen LogP contribution >= 0.6 is 11.6 Å². The van der Waals surface area contributed by atoms with E-state index in [2.05, 4.69) is 12.2 Å². The van der Waals surface area contributed by atoms with E-state index in [9.17, 15) is 9.59 Å². The number of carbonyl (C=O) groups is 2. The highest BCUT2D eigenvalue weighted by Gasteiger charge is 2.66. The summed E-state index contributed by atoms with van der Waals surface area (Å²) in [5.41, 5.74) is 0.234. The Morgan fingerprint density at radius 2 is 2.10 bits per heavy atom. The van der Waals surface area contributed by atoms with Gasteiger partial charge in [0, 0.05) is 17.6 Å². The van der Waals surface area contributed by atoms with Crippen LogP contribution in [0.25, 0.3) is 0 Å². The van der Waals surface area contributed by atoms with Gasteiger partial charge in [-0.3, -0.25) is 9.59 Å². The van der Waals surface area contributed by atoms with Gasteiger partial charge in [0.15, 0.2) is 0 Å². The topological polar surface area (TPSA) is 58.6 Å². The maximum absolute atomic E-state index is 13.3. The molecule has 3 fully saturated rings. The third-order valence-corrected chi connectivity index (χ3v) is 7.61. The number of carbonyl (C=O) groups excluding carboxylic acids is 2. The zero-order chi connectivity index (χ0) is 20.2. The number of nitrogens with zero attached hydrogens (tertiary/aromatic N) is 1. The lowest BCUT2D eigenvalue weighted by atomic mass is 9.76. The highest BCUT2D eigenvalue weighted by molar-refractivity contribution is 6.31. The summed E-state index contributed by atoms with van der Waals surface area (Å²) in [7, 11) is 0. The Morgan fingerprint density at radius 3 is 2.90 bits per heavy atom. The van der Waals surface area contributed by atoms with Crippen molar-refractivity contribution in [2.75, 3.05) is 6.54 Å². The van der Waals surface area contributed by atoms with Crippen molar-refractivity contribution in [2.45, 2.75) is 56.9 Å². The van der Waals surface area contributed by atoms with E-state index in [0.29, 0.717) is 24.0 Å². The van der Waals surface area contributed by atoms with E-state index in [1.54, 1.807) is 4.90 Å². The van der Waals surface area contributed by atoms with Gasteiger partial charge < -0.3 is 15.0 Å². The van der Waals surface area contributed by atoms with Crippen LogP contribution in [0.4, 0.5) is 0 Å². The minimum absolute atomic E-state index is 0.00591. The smallest absolute Gasteiger partial charge is 0.230 e. The Hall–Kier alpha value is -1.85. The average molecular weight is 415 g/mol. The molecule has 1 aliphatic carbocycles. The average Bonchev–Trinajstić information content (AvgIpc) is 3.34. The Bertz CT molecular complexity index is 871. The quantitative estimate of drug-likeness (QED) is 0.769. The van der Waals surface area contributed by atoms with Crippen molar-refractivity contribution in [2.24, 2.45) is 17.8 Å². The fourth-order valence-electron chi connectivity index (χ4n) is 5.65. The maximum atomic E-state index is 13.3. The molecule has 0 aromatic heterocycles. The molecule has 4 aliphatic rings. The first kappa shape index (κ1) is 19.1. The zero-order valence-corrected chi connectivity index (χ0v) is 17.4. The first-order valence-corrected chi connectivity index (χ1v) is 11.1. The van der Waals surface area contributed by atoms with Crippen LogP contribution in [-0.2, 0) is 20.9 Å². The molecule has 5 rings (SSSR count). The minimum Gasteiger partial charge on any atom is -0.360 e. The van der Waals surface area contributed by atoms with E-state index >= 15 is 0 Å². The minimum atomic E-state index is -0.677. The fourth-order valence-corrected chi connectivity index (χ4v) is 5.85. The molecular formula is C23H27ClN2O3. The second-order valence-corrected chi connectivity index (χ2v) is 9.47. The molecule has 6 heteroatoms. The highest BCUT2D eigenvalue weighted by Crippen LogP contribution is 2.52. The summed E-state index contributed by atoms with van der Waals surface area (Å²) < 4.78 is 6.23. The summed E-state index contributed by atoms with van der Waals surface area (Å²) in [6, 6.07) is 7.77. The molecule has 3 heterocycles. The van der Waals surface area contributed by atoms with Crippen LogP contribution in [0.2, 0.25) is 5.02 Å². The maximum Gasteiger partial charge on any atom is 0.230 e. The molecule has 2 saturated heterocycles. The summed E-state index contributed by atoms with van der Waals surface area (Å²) in [5, 5.41) is 3.90. The first-order chi connectivity index (χ1) is 14.0. The van der Waals surface area contributed by atoms with Gasteiger partial charge in [-0.15, -0.1) is 0 Å². The molecular weight excluding hydrogens is 388 g/mol. The summed E-state index contributed by atoms with van der Waals surface area (Å²) in [4.78, 5) is 28.4. The van der Waals surface area contributed by atoms with Crippen molar-refractivity contribution in [3.05, 3.63) is 47.0 Å². The number of amides is 2. The molecule has 6 unspecified atom stereocenters. The Kier molecular flexibility index (Phi) is 4.71. The fraction of sp³-hybridized carbons (Fsp3) is 0.565. The molecule has 2 amide bonds. The first-order valence-electron chi connectivity index (χ1n) is 10.7. The van der Waals surface area contributed by atoms with Crippen molar-refractivity contribution in [3.63, 3.8) is 0 Å². The third-order valence-electron chi connectivity index (χ3n) is 7.24. The molecule has 1 spiro atoms. The number of ether oxygens (including phenoxy) is 1. The second-order valence-electron chi connectivity index (χ2n) is 9.06. The predicted octanol–water partition coefficient (Wildman–Crippen LogP) is 3.32. The lowest BCUT2D eigenvalue weighted by molar-refractivity contribution is -0.138. The number of fused-ring (bicyclic) bond motifs is 1. The van der Waals surface area contributed by atoms with Gasteiger partial charge in [0.2, 0.25) is 11.8 Å². The Morgan fingerprint density at radius 1 is 1.31 bits per heavy atom. The van der Waals surface area contributed by atoms with Crippen LogP contribution in [0, 0.1) is 17.8 Å². The standard InChI is InChI=1S/C23H27ClN2O3/c1-14-6-2-5-9-17(14)25-21(27)19-18-10-11-23(29-18)13-26(22(28)20(19)23)12-15-7-3-4-8-16(15)24/h3-4,7-8,10-11,14,17-20H,2,5-6,9,12-13H2,1H3,(H,25,27). The van der Waals surface area contributed by atoms with Crippen LogP contribution < -0.4 is 5.32 Å². The second kappa shape index (κ2) is 7.13. The van der Waals surface area contributed by atoms with Gasteiger partial charge in [-0.25, -0.2) is 0 Å². The number of hydrogen-bond acceptors (Lipinski definition) is 3. The van der Waals surface area contributed by atoms with E-state index in [1.807, 2.05) is 36.4 Å². The molecule has 1 saturated carbocycles. The van der Waals surface area contributed by atoms with Crippen molar-refractivity contribution in [1.82, 2.24) is 10.2 Å². The molecule has 5 nitrogen and oxygen atoms in total. The van der Waals surface area contributed by atoms with Crippen molar-refractivity contribution >= 4 is 23.4 Å². The van der Waals surface area contributed by atoms with Gasteiger partial charge in [0.05, 0.1) is 24.5 Å². The summed E-state index contributed by atoms with van der Waals surface area (Å²) in [6.45, 7) is 3.11. The predicted molar refractivity (Wildman–Crippen MR) is 110 cm³/mol. The number of benzene rings is 1. The van der Waals surface area contributed by atoms with E-state index < -0.39 is 17.4 Å². The molecule has 154 valence electrons. The van der Waals surface area contributed by atoms with Gasteiger partial charge in [-0.1, -0.05) is 61.7 Å². The molecule has 1 aromatic carbocycles. The number of hydrogen-bond donors (Lipinski definition) is 1. The van der Waals surface area contributed by atoms with Crippen molar-refractivity contribution in [3.8, 4) is 0 Å². The van der Waals surface area contributed by atoms with E-state index in [0.717, 1.165) is 24.8 Å². The van der Waals surface area contributed by atoms with Crippen LogP contribution in [0.5, 0.6) is 0 Å². The van der Waals surface area contributed by atoms with Gasteiger partial charge in [0.1, 0.15) is 5.60 Å². The van der Waals surface area contributed by atoms with E-state index in [-0.39, 0.29) is 24.0 Å². The Balaban J connectivity index is 1.35. The molecule has 6 atom stereocenters. The number of halogens is 1. The SMILES string of the molecule is CC1CCCCC1NC(=O)C1C2C=CC3(CN(Cc4ccccc4Cl)C(=O)C13)O2. The number of rotatable bonds is 4. The Labute approximate surface area is 176 Å². The van der Waals surface area contributed by atoms with Crippen LogP contribution in [0.15, 0.2) is 36.4 Å².